The number of nitrogens with zero attached hydrogens (tertiary/aromatic N) is 2. The first-order valence-corrected chi connectivity index (χ1v) is 15.6. The lowest BCUT2D eigenvalue weighted by Gasteiger charge is -2.09. The molecule has 4 aromatic heterocycles. The number of benzene rings is 5. The van der Waals surface area contributed by atoms with E-state index in [1.165, 1.54) is 26.5 Å². The Labute approximate surface area is 263 Å². The van der Waals surface area contributed by atoms with Crippen LogP contribution in [0.3, 0.4) is 0 Å². The van der Waals surface area contributed by atoms with Crippen LogP contribution in [-0.2, 0) is 0 Å². The molecule has 0 radical (unpaired) electrons. The molecule has 5 aromatic carbocycles. The highest BCUT2D eigenvalue weighted by Crippen LogP contribution is 2.37. The Morgan fingerprint density at radius 2 is 0.889 bits per heavy atom. The van der Waals surface area contributed by atoms with E-state index >= 15 is 0 Å². The van der Waals surface area contributed by atoms with Gasteiger partial charge in [0.25, 0.3) is 0 Å². The summed E-state index contributed by atoms with van der Waals surface area (Å²) >= 11 is 1.77. The van der Waals surface area contributed by atoms with Crippen molar-refractivity contribution in [1.29, 1.82) is 0 Å². The molecule has 4 nitrogen and oxygen atoms in total. The standard InChI is InChI=1S/C40H24N2O2S/c1-4-25(18-26(5-1)29-11-13-37-36(21-29)35-15-17-42-24-40(35)43-37)27-6-2-8-31(19-27)45-32-9-3-7-28(20-32)30-10-12-33-34-14-16-41-23-39(34)44-38(33)22-30/h1-24H. The van der Waals surface area contributed by atoms with Crippen LogP contribution in [0.25, 0.3) is 77.3 Å². The van der Waals surface area contributed by atoms with Crippen molar-refractivity contribution in [2.24, 2.45) is 0 Å². The second-order valence-electron chi connectivity index (χ2n) is 11.1. The first kappa shape index (κ1) is 25.8. The molecule has 0 saturated carbocycles. The SMILES string of the molecule is c1cc(Sc2cccc(-c3ccc4c(c3)oc3cnccc34)c2)cc(-c2cccc(-c3ccc4oc5cnccc5c4c3)c2)c1. The lowest BCUT2D eigenvalue weighted by molar-refractivity contribution is 0.666. The molecule has 0 unspecified atom stereocenters. The molecule has 212 valence electrons. The van der Waals surface area contributed by atoms with Crippen molar-refractivity contribution in [3.05, 3.63) is 146 Å². The van der Waals surface area contributed by atoms with Gasteiger partial charge in [0.1, 0.15) is 11.2 Å². The van der Waals surface area contributed by atoms with Crippen LogP contribution in [0.4, 0.5) is 0 Å². The van der Waals surface area contributed by atoms with Crippen LogP contribution in [0.15, 0.2) is 165 Å². The molecule has 0 aliphatic carbocycles. The highest BCUT2D eigenvalue weighted by molar-refractivity contribution is 7.99. The maximum atomic E-state index is 6.09. The predicted octanol–water partition coefficient (Wildman–Crippen LogP) is 11.4. The van der Waals surface area contributed by atoms with Gasteiger partial charge in [-0.3, -0.25) is 9.97 Å². The second-order valence-corrected chi connectivity index (χ2v) is 12.3. The number of hydrogen-bond donors (Lipinski definition) is 0. The predicted molar refractivity (Wildman–Crippen MR) is 183 cm³/mol. The summed E-state index contributed by atoms with van der Waals surface area (Å²) in [5.41, 5.74) is 10.3. The molecule has 9 aromatic rings. The van der Waals surface area contributed by atoms with E-state index in [2.05, 4.69) is 119 Å². The molecule has 45 heavy (non-hydrogen) atoms. The van der Waals surface area contributed by atoms with Crippen LogP contribution in [0.1, 0.15) is 0 Å². The maximum Gasteiger partial charge on any atom is 0.153 e. The van der Waals surface area contributed by atoms with Crippen molar-refractivity contribution in [3.8, 4) is 33.4 Å². The summed E-state index contributed by atoms with van der Waals surface area (Å²) in [5, 5.41) is 4.38. The fourth-order valence-corrected chi connectivity index (χ4v) is 7.05. The molecule has 0 spiro atoms. The van der Waals surface area contributed by atoms with Gasteiger partial charge in [-0.05, 0) is 100 Å². The molecule has 0 amide bonds. The van der Waals surface area contributed by atoms with Crippen LogP contribution in [-0.4, -0.2) is 9.97 Å². The zero-order valence-corrected chi connectivity index (χ0v) is 24.8. The van der Waals surface area contributed by atoms with Crippen LogP contribution < -0.4 is 0 Å². The van der Waals surface area contributed by atoms with E-state index in [1.54, 1.807) is 30.4 Å². The van der Waals surface area contributed by atoms with E-state index in [1.807, 2.05) is 18.3 Å². The van der Waals surface area contributed by atoms with Gasteiger partial charge >= 0.3 is 0 Å². The molecule has 0 aliphatic heterocycles. The van der Waals surface area contributed by atoms with E-state index in [9.17, 15) is 0 Å². The molecular weight excluding hydrogens is 573 g/mol. The van der Waals surface area contributed by atoms with Gasteiger partial charge in [0.15, 0.2) is 11.2 Å². The third-order valence-electron chi connectivity index (χ3n) is 8.32. The number of fused-ring (bicyclic) bond motifs is 6. The maximum absolute atomic E-state index is 6.09. The van der Waals surface area contributed by atoms with Crippen molar-refractivity contribution >= 4 is 55.6 Å². The van der Waals surface area contributed by atoms with Gasteiger partial charge < -0.3 is 8.83 Å². The molecule has 0 aliphatic rings. The third kappa shape index (κ3) is 4.65. The van der Waals surface area contributed by atoms with Crippen molar-refractivity contribution < 1.29 is 8.83 Å². The fourth-order valence-electron chi connectivity index (χ4n) is 6.12. The molecule has 0 bridgehead atoms. The smallest absolute Gasteiger partial charge is 0.153 e. The molecule has 0 N–H and O–H groups in total. The summed E-state index contributed by atoms with van der Waals surface area (Å²) in [6, 6.07) is 43.0. The molecule has 4 heterocycles. The average molecular weight is 597 g/mol. The topological polar surface area (TPSA) is 52.1 Å². The summed E-state index contributed by atoms with van der Waals surface area (Å²) < 4.78 is 12.1. The Morgan fingerprint density at radius 1 is 0.378 bits per heavy atom. The first-order valence-electron chi connectivity index (χ1n) is 14.8. The summed E-state index contributed by atoms with van der Waals surface area (Å²) in [6.07, 6.45) is 7.16. The molecule has 9 rings (SSSR count). The van der Waals surface area contributed by atoms with Gasteiger partial charge in [-0.2, -0.15) is 0 Å². The lowest BCUT2D eigenvalue weighted by atomic mass is 9.98. The Kier molecular flexibility index (Phi) is 6.03. The largest absolute Gasteiger partial charge is 0.454 e. The van der Waals surface area contributed by atoms with E-state index in [-0.39, 0.29) is 0 Å². The van der Waals surface area contributed by atoms with Gasteiger partial charge in [-0.15, -0.1) is 0 Å². The molecule has 5 heteroatoms. The number of pyridine rings is 2. The number of furan rings is 2. The average Bonchev–Trinajstić information content (AvgIpc) is 3.66. The van der Waals surface area contributed by atoms with E-state index in [0.29, 0.717) is 0 Å². The van der Waals surface area contributed by atoms with Gasteiger partial charge in [-0.1, -0.05) is 66.4 Å². The second kappa shape index (κ2) is 10.5. The summed E-state index contributed by atoms with van der Waals surface area (Å²) in [5.74, 6) is 0. The van der Waals surface area contributed by atoms with Gasteiger partial charge in [0.05, 0.1) is 12.4 Å². The number of aromatic nitrogens is 2. The van der Waals surface area contributed by atoms with Crippen LogP contribution in [0.5, 0.6) is 0 Å². The molecule has 0 saturated heterocycles. The summed E-state index contributed by atoms with van der Waals surface area (Å²) in [4.78, 5) is 10.8. The van der Waals surface area contributed by atoms with Crippen molar-refractivity contribution in [2.45, 2.75) is 9.79 Å². The molecular formula is C40H24N2O2S. The monoisotopic (exact) mass is 596 g/mol. The van der Waals surface area contributed by atoms with Crippen LogP contribution in [0, 0.1) is 0 Å². The zero-order valence-electron chi connectivity index (χ0n) is 24.0. The van der Waals surface area contributed by atoms with Crippen LogP contribution in [0.2, 0.25) is 0 Å². The third-order valence-corrected chi connectivity index (χ3v) is 9.30. The Hall–Kier alpha value is -5.65. The fraction of sp³-hybridized carbons (Fsp3) is 0. The lowest BCUT2D eigenvalue weighted by Crippen LogP contribution is -1.83. The van der Waals surface area contributed by atoms with Gasteiger partial charge in [0, 0.05) is 43.7 Å². The summed E-state index contributed by atoms with van der Waals surface area (Å²) in [7, 11) is 0. The van der Waals surface area contributed by atoms with E-state index < -0.39 is 0 Å². The quantitative estimate of drug-likeness (QED) is 0.198. The normalized spacial score (nSPS) is 11.6. The minimum Gasteiger partial charge on any atom is -0.454 e. The van der Waals surface area contributed by atoms with Crippen molar-refractivity contribution in [3.63, 3.8) is 0 Å². The van der Waals surface area contributed by atoms with Gasteiger partial charge in [-0.25, -0.2) is 0 Å². The van der Waals surface area contributed by atoms with E-state index in [0.717, 1.165) is 60.6 Å². The highest BCUT2D eigenvalue weighted by Gasteiger charge is 2.11. The summed E-state index contributed by atoms with van der Waals surface area (Å²) in [6.45, 7) is 0. The zero-order chi connectivity index (χ0) is 29.7. The highest BCUT2D eigenvalue weighted by atomic mass is 32.2. The Bertz CT molecular complexity index is 2550. The van der Waals surface area contributed by atoms with Crippen molar-refractivity contribution in [1.82, 2.24) is 9.97 Å². The Morgan fingerprint density at radius 3 is 1.58 bits per heavy atom. The van der Waals surface area contributed by atoms with Crippen molar-refractivity contribution in [2.75, 3.05) is 0 Å². The van der Waals surface area contributed by atoms with Crippen LogP contribution >= 0.6 is 11.8 Å². The molecule has 0 fully saturated rings. The Balaban J connectivity index is 1.00. The van der Waals surface area contributed by atoms with Gasteiger partial charge in [0.2, 0.25) is 0 Å². The minimum atomic E-state index is 0.809. The number of rotatable bonds is 5. The first-order chi connectivity index (χ1) is 22.2. The molecule has 0 atom stereocenters. The van der Waals surface area contributed by atoms with E-state index in [4.69, 9.17) is 8.83 Å². The number of hydrogen-bond acceptors (Lipinski definition) is 5. The minimum absolute atomic E-state index is 0.809.